The van der Waals surface area contributed by atoms with Gasteiger partial charge in [-0.3, -0.25) is 4.79 Å². The van der Waals surface area contributed by atoms with Crippen LogP contribution < -0.4 is 5.32 Å². The molecule has 0 spiro atoms. The number of nitrogens with one attached hydrogen (secondary N) is 1. The molecule has 0 saturated carbocycles. The van der Waals surface area contributed by atoms with Crippen molar-refractivity contribution in [3.05, 3.63) is 22.4 Å². The van der Waals surface area contributed by atoms with E-state index in [1.165, 1.54) is 4.88 Å². The molecule has 0 saturated heterocycles. The fourth-order valence-electron chi connectivity index (χ4n) is 1.80. The van der Waals surface area contributed by atoms with E-state index in [0.717, 1.165) is 12.8 Å². The van der Waals surface area contributed by atoms with Gasteiger partial charge in [0.2, 0.25) is 0 Å². The predicted octanol–water partition coefficient (Wildman–Crippen LogP) is 2.92. The molecule has 0 bridgehead atoms. The quantitative estimate of drug-likeness (QED) is 0.689. The first kappa shape index (κ1) is 16.5. The van der Waals surface area contributed by atoms with Crippen molar-refractivity contribution in [3.63, 3.8) is 0 Å². The smallest absolute Gasteiger partial charge is 0.317 e. The Balaban J connectivity index is 2.18. The Hall–Kier alpha value is -1.56. The van der Waals surface area contributed by atoms with Crippen molar-refractivity contribution < 1.29 is 14.7 Å². The van der Waals surface area contributed by atoms with Crippen LogP contribution in [0.1, 0.15) is 37.5 Å². The molecule has 0 unspecified atom stereocenters. The minimum absolute atomic E-state index is 0.0564. The molecule has 1 heterocycles. The van der Waals surface area contributed by atoms with E-state index in [1.54, 1.807) is 16.2 Å². The topological polar surface area (TPSA) is 69.6 Å². The highest BCUT2D eigenvalue weighted by atomic mass is 32.1. The first-order chi connectivity index (χ1) is 9.63. The van der Waals surface area contributed by atoms with E-state index in [0.29, 0.717) is 26.1 Å². The summed E-state index contributed by atoms with van der Waals surface area (Å²) in [5.41, 5.74) is 0. The fraction of sp³-hybridized carbons (Fsp3) is 0.571. The number of carbonyl (C=O) groups is 2. The summed E-state index contributed by atoms with van der Waals surface area (Å²) in [6, 6.07) is 3.94. The number of nitrogens with zero attached hydrogens (tertiary/aromatic N) is 1. The lowest BCUT2D eigenvalue weighted by Crippen LogP contribution is -2.39. The van der Waals surface area contributed by atoms with Gasteiger partial charge in [-0.2, -0.15) is 0 Å². The van der Waals surface area contributed by atoms with Crippen LogP contribution in [0.15, 0.2) is 17.5 Å². The van der Waals surface area contributed by atoms with Crippen molar-refractivity contribution in [2.24, 2.45) is 0 Å². The zero-order valence-electron chi connectivity index (χ0n) is 11.8. The average molecular weight is 298 g/mol. The van der Waals surface area contributed by atoms with Crippen molar-refractivity contribution in [2.45, 2.75) is 39.2 Å². The molecule has 5 nitrogen and oxygen atoms in total. The molecule has 1 aromatic heterocycles. The van der Waals surface area contributed by atoms with Crippen molar-refractivity contribution in [1.29, 1.82) is 0 Å². The molecule has 0 fully saturated rings. The lowest BCUT2D eigenvalue weighted by Gasteiger charge is -2.20. The van der Waals surface area contributed by atoms with E-state index in [1.807, 2.05) is 24.4 Å². The zero-order chi connectivity index (χ0) is 14.8. The molecule has 0 radical (unpaired) electrons. The number of carbonyl (C=O) groups excluding carboxylic acids is 1. The van der Waals surface area contributed by atoms with Crippen LogP contribution in [0.4, 0.5) is 4.79 Å². The highest BCUT2D eigenvalue weighted by Crippen LogP contribution is 2.11. The van der Waals surface area contributed by atoms with Crippen LogP contribution in [0, 0.1) is 0 Å². The van der Waals surface area contributed by atoms with Crippen LogP contribution in [0.2, 0.25) is 0 Å². The van der Waals surface area contributed by atoms with E-state index in [9.17, 15) is 9.59 Å². The number of carboxylic acid groups (broad SMARTS) is 1. The maximum absolute atomic E-state index is 12.0. The Labute approximate surface area is 123 Å². The average Bonchev–Trinajstić information content (AvgIpc) is 2.92. The van der Waals surface area contributed by atoms with Crippen LogP contribution in [-0.4, -0.2) is 35.1 Å². The molecule has 20 heavy (non-hydrogen) atoms. The molecule has 1 aromatic rings. The fourth-order valence-corrected chi connectivity index (χ4v) is 2.52. The monoisotopic (exact) mass is 298 g/mol. The minimum Gasteiger partial charge on any atom is -0.481 e. The molecule has 2 amide bonds. The molecule has 0 atom stereocenters. The molecule has 2 N–H and O–H groups in total. The number of carboxylic acids is 1. The summed E-state index contributed by atoms with van der Waals surface area (Å²) >= 11 is 1.64. The lowest BCUT2D eigenvalue weighted by atomic mass is 10.2. The summed E-state index contributed by atoms with van der Waals surface area (Å²) in [5, 5.41) is 13.4. The van der Waals surface area contributed by atoms with Gasteiger partial charge in [0.25, 0.3) is 0 Å². The molecular formula is C14H22N2O3S. The first-order valence-electron chi connectivity index (χ1n) is 6.90. The SMILES string of the molecule is CCN(Cc1cccs1)C(=O)NCCCCCC(=O)O. The maximum Gasteiger partial charge on any atom is 0.317 e. The van der Waals surface area contributed by atoms with Gasteiger partial charge in [0.1, 0.15) is 0 Å². The standard InChI is InChI=1S/C14H22N2O3S/c1-2-16(11-12-7-6-10-20-12)14(19)15-9-5-3-4-8-13(17)18/h6-7,10H,2-5,8-9,11H2,1H3,(H,15,19)(H,17,18). The largest absolute Gasteiger partial charge is 0.481 e. The molecule has 0 aliphatic carbocycles. The van der Waals surface area contributed by atoms with Gasteiger partial charge in [0.15, 0.2) is 0 Å². The van der Waals surface area contributed by atoms with Gasteiger partial charge in [0.05, 0.1) is 6.54 Å². The van der Waals surface area contributed by atoms with Crippen LogP contribution >= 0.6 is 11.3 Å². The maximum atomic E-state index is 12.0. The number of thiophene rings is 1. The summed E-state index contributed by atoms with van der Waals surface area (Å²) in [6.45, 7) is 3.86. The number of hydrogen-bond acceptors (Lipinski definition) is 3. The van der Waals surface area contributed by atoms with Gasteiger partial charge < -0.3 is 15.3 Å². The third kappa shape index (κ3) is 6.56. The Morgan fingerprint density at radius 1 is 1.35 bits per heavy atom. The van der Waals surface area contributed by atoms with Crippen LogP contribution in [-0.2, 0) is 11.3 Å². The van der Waals surface area contributed by atoms with Gasteiger partial charge in [-0.05, 0) is 31.2 Å². The second-order valence-electron chi connectivity index (χ2n) is 4.53. The zero-order valence-corrected chi connectivity index (χ0v) is 12.6. The van der Waals surface area contributed by atoms with Crippen LogP contribution in [0.25, 0.3) is 0 Å². The second kappa shape index (κ2) is 9.36. The summed E-state index contributed by atoms with van der Waals surface area (Å²) in [4.78, 5) is 25.2. The van der Waals surface area contributed by atoms with Crippen molar-refractivity contribution >= 4 is 23.3 Å². The van der Waals surface area contributed by atoms with E-state index in [2.05, 4.69) is 5.32 Å². The van der Waals surface area contributed by atoms with Crippen LogP contribution in [0.5, 0.6) is 0 Å². The summed E-state index contributed by atoms with van der Waals surface area (Å²) in [7, 11) is 0. The number of amides is 2. The number of aliphatic carboxylic acids is 1. The minimum atomic E-state index is -0.762. The predicted molar refractivity (Wildman–Crippen MR) is 79.9 cm³/mol. The third-order valence-corrected chi connectivity index (χ3v) is 3.80. The van der Waals surface area contributed by atoms with Gasteiger partial charge >= 0.3 is 12.0 Å². The number of unbranched alkanes of at least 4 members (excludes halogenated alkanes) is 2. The normalized spacial score (nSPS) is 10.2. The summed E-state index contributed by atoms with van der Waals surface area (Å²) < 4.78 is 0. The van der Waals surface area contributed by atoms with Crippen LogP contribution in [0.3, 0.4) is 0 Å². The van der Waals surface area contributed by atoms with Crippen molar-refractivity contribution in [1.82, 2.24) is 10.2 Å². The van der Waals surface area contributed by atoms with E-state index in [-0.39, 0.29) is 12.5 Å². The number of rotatable bonds is 9. The Kier molecular flexibility index (Phi) is 7.72. The Morgan fingerprint density at radius 3 is 2.75 bits per heavy atom. The van der Waals surface area contributed by atoms with Gasteiger partial charge in [-0.25, -0.2) is 4.79 Å². The van der Waals surface area contributed by atoms with E-state index in [4.69, 9.17) is 5.11 Å². The Bertz CT molecular complexity index is 407. The molecule has 1 rings (SSSR count). The second-order valence-corrected chi connectivity index (χ2v) is 5.56. The molecule has 0 aliphatic heterocycles. The highest BCUT2D eigenvalue weighted by molar-refractivity contribution is 7.09. The molecule has 0 aliphatic rings. The molecular weight excluding hydrogens is 276 g/mol. The Morgan fingerprint density at radius 2 is 2.15 bits per heavy atom. The molecule has 6 heteroatoms. The van der Waals surface area contributed by atoms with E-state index >= 15 is 0 Å². The summed E-state index contributed by atoms with van der Waals surface area (Å²) in [5.74, 6) is -0.762. The number of hydrogen-bond donors (Lipinski definition) is 2. The van der Waals surface area contributed by atoms with Crippen molar-refractivity contribution in [2.75, 3.05) is 13.1 Å². The summed E-state index contributed by atoms with van der Waals surface area (Å²) in [6.07, 6.45) is 2.50. The van der Waals surface area contributed by atoms with Gasteiger partial charge in [0, 0.05) is 24.4 Å². The molecule has 0 aromatic carbocycles. The van der Waals surface area contributed by atoms with Gasteiger partial charge in [-0.15, -0.1) is 11.3 Å². The third-order valence-electron chi connectivity index (χ3n) is 2.94. The first-order valence-corrected chi connectivity index (χ1v) is 7.78. The van der Waals surface area contributed by atoms with E-state index < -0.39 is 5.97 Å². The van der Waals surface area contributed by atoms with Gasteiger partial charge in [-0.1, -0.05) is 12.5 Å². The molecule has 112 valence electrons. The highest BCUT2D eigenvalue weighted by Gasteiger charge is 2.11. The lowest BCUT2D eigenvalue weighted by molar-refractivity contribution is -0.137. The van der Waals surface area contributed by atoms with Crippen molar-refractivity contribution in [3.8, 4) is 0 Å². The number of urea groups is 1.